The number of nitrogens with zero attached hydrogens (tertiary/aromatic N) is 2. The van der Waals surface area contributed by atoms with Crippen molar-refractivity contribution < 1.29 is 9.15 Å². The molecular formula is C13H17BrN4O2. The van der Waals surface area contributed by atoms with Crippen LogP contribution >= 0.6 is 15.9 Å². The average molecular weight is 341 g/mol. The van der Waals surface area contributed by atoms with Crippen LogP contribution in [-0.2, 0) is 6.54 Å². The molecule has 6 nitrogen and oxygen atoms in total. The number of hydrogen-bond acceptors (Lipinski definition) is 6. The molecule has 1 aromatic heterocycles. The summed E-state index contributed by atoms with van der Waals surface area (Å²) in [6, 6.07) is 6.34. The summed E-state index contributed by atoms with van der Waals surface area (Å²) in [7, 11) is 1.62. The Morgan fingerprint density at radius 1 is 1.30 bits per heavy atom. The van der Waals surface area contributed by atoms with Crippen molar-refractivity contribution in [2.75, 3.05) is 12.4 Å². The highest BCUT2D eigenvalue weighted by Crippen LogP contribution is 2.26. The molecule has 0 saturated heterocycles. The first-order valence-corrected chi connectivity index (χ1v) is 7.03. The zero-order valence-corrected chi connectivity index (χ0v) is 13.2. The standard InChI is InChI=1S/C13H17BrN4O2/c1-8(2)15-7-12-17-18-13(20-12)16-10-4-9(14)5-11(6-10)19-3/h4-6,8,15H,7H2,1-3H3,(H,16,18). The molecule has 108 valence electrons. The van der Waals surface area contributed by atoms with Crippen molar-refractivity contribution in [3.8, 4) is 5.75 Å². The summed E-state index contributed by atoms with van der Waals surface area (Å²) in [4.78, 5) is 0. The minimum atomic E-state index is 0.353. The number of ether oxygens (including phenoxy) is 1. The van der Waals surface area contributed by atoms with E-state index in [0.717, 1.165) is 15.9 Å². The van der Waals surface area contributed by atoms with Crippen LogP contribution in [0, 0.1) is 0 Å². The van der Waals surface area contributed by atoms with E-state index in [9.17, 15) is 0 Å². The Balaban J connectivity index is 2.04. The predicted molar refractivity (Wildman–Crippen MR) is 80.3 cm³/mol. The minimum absolute atomic E-state index is 0.353. The topological polar surface area (TPSA) is 72.2 Å². The number of halogens is 1. The van der Waals surface area contributed by atoms with Crippen molar-refractivity contribution in [1.82, 2.24) is 15.5 Å². The lowest BCUT2D eigenvalue weighted by Gasteiger charge is -2.06. The lowest BCUT2D eigenvalue weighted by Crippen LogP contribution is -2.21. The van der Waals surface area contributed by atoms with E-state index in [-0.39, 0.29) is 0 Å². The number of nitrogens with one attached hydrogen (secondary N) is 2. The molecule has 0 amide bonds. The molecule has 0 spiro atoms. The van der Waals surface area contributed by atoms with E-state index >= 15 is 0 Å². The van der Waals surface area contributed by atoms with Crippen LogP contribution in [0.15, 0.2) is 27.1 Å². The molecule has 0 bridgehead atoms. The lowest BCUT2D eigenvalue weighted by atomic mass is 10.3. The van der Waals surface area contributed by atoms with Crippen LogP contribution in [0.1, 0.15) is 19.7 Å². The third-order valence-corrected chi connectivity index (χ3v) is 2.94. The number of rotatable bonds is 6. The number of aromatic nitrogens is 2. The highest BCUT2D eigenvalue weighted by Gasteiger charge is 2.08. The number of methoxy groups -OCH3 is 1. The van der Waals surface area contributed by atoms with Crippen molar-refractivity contribution >= 4 is 27.6 Å². The van der Waals surface area contributed by atoms with Gasteiger partial charge in [-0.3, -0.25) is 0 Å². The molecule has 7 heteroatoms. The van der Waals surface area contributed by atoms with Gasteiger partial charge in [0.2, 0.25) is 5.89 Å². The number of hydrogen-bond donors (Lipinski definition) is 2. The molecule has 0 atom stereocenters. The van der Waals surface area contributed by atoms with E-state index in [1.165, 1.54) is 0 Å². The first-order chi connectivity index (χ1) is 9.56. The third-order valence-electron chi connectivity index (χ3n) is 2.49. The Morgan fingerprint density at radius 2 is 2.10 bits per heavy atom. The molecule has 0 saturated carbocycles. The molecule has 2 aromatic rings. The van der Waals surface area contributed by atoms with Crippen LogP contribution in [0.5, 0.6) is 5.75 Å². The summed E-state index contributed by atoms with van der Waals surface area (Å²) in [6.45, 7) is 4.67. The Morgan fingerprint density at radius 3 is 2.80 bits per heavy atom. The molecule has 0 unspecified atom stereocenters. The maximum absolute atomic E-state index is 5.50. The fraction of sp³-hybridized carbons (Fsp3) is 0.385. The molecule has 0 radical (unpaired) electrons. The van der Waals surface area contributed by atoms with E-state index in [1.807, 2.05) is 18.2 Å². The summed E-state index contributed by atoms with van der Waals surface area (Å²) in [5.41, 5.74) is 0.809. The van der Waals surface area contributed by atoms with Crippen molar-refractivity contribution in [1.29, 1.82) is 0 Å². The molecule has 0 fully saturated rings. The normalized spacial score (nSPS) is 10.8. The summed E-state index contributed by atoms with van der Waals surface area (Å²) >= 11 is 3.42. The Kier molecular flexibility index (Phi) is 4.97. The fourth-order valence-corrected chi connectivity index (χ4v) is 2.02. The first-order valence-electron chi connectivity index (χ1n) is 6.24. The molecule has 2 N–H and O–H groups in total. The second-order valence-electron chi connectivity index (χ2n) is 4.54. The van der Waals surface area contributed by atoms with E-state index in [1.54, 1.807) is 7.11 Å². The van der Waals surface area contributed by atoms with Gasteiger partial charge in [0.25, 0.3) is 0 Å². The van der Waals surface area contributed by atoms with Crippen molar-refractivity contribution in [2.24, 2.45) is 0 Å². The Bertz CT molecular complexity index is 571. The molecular weight excluding hydrogens is 324 g/mol. The van der Waals surface area contributed by atoms with Gasteiger partial charge in [0, 0.05) is 22.3 Å². The maximum Gasteiger partial charge on any atom is 0.320 e. The van der Waals surface area contributed by atoms with Crippen molar-refractivity contribution in [2.45, 2.75) is 26.4 Å². The van der Waals surface area contributed by atoms with E-state index < -0.39 is 0 Å². The maximum atomic E-state index is 5.50. The van der Waals surface area contributed by atoms with Crippen LogP contribution in [0.25, 0.3) is 0 Å². The van der Waals surface area contributed by atoms with Gasteiger partial charge in [-0.25, -0.2) is 0 Å². The smallest absolute Gasteiger partial charge is 0.320 e. The van der Waals surface area contributed by atoms with Gasteiger partial charge in [-0.1, -0.05) is 34.9 Å². The Hall–Kier alpha value is -1.60. The monoisotopic (exact) mass is 340 g/mol. The highest BCUT2D eigenvalue weighted by molar-refractivity contribution is 9.10. The zero-order chi connectivity index (χ0) is 14.5. The molecule has 0 aliphatic rings. The molecule has 1 aromatic carbocycles. The largest absolute Gasteiger partial charge is 0.497 e. The van der Waals surface area contributed by atoms with Crippen LogP contribution in [0.4, 0.5) is 11.7 Å². The van der Waals surface area contributed by atoms with Crippen LogP contribution in [0.2, 0.25) is 0 Å². The van der Waals surface area contributed by atoms with Crippen LogP contribution in [0.3, 0.4) is 0 Å². The fourth-order valence-electron chi connectivity index (χ4n) is 1.54. The summed E-state index contributed by atoms with van der Waals surface area (Å²) in [6.07, 6.45) is 0. The first kappa shape index (κ1) is 14.8. The van der Waals surface area contributed by atoms with Crippen LogP contribution in [-0.4, -0.2) is 23.3 Å². The van der Waals surface area contributed by atoms with Crippen molar-refractivity contribution in [3.05, 3.63) is 28.6 Å². The number of anilines is 2. The van der Waals surface area contributed by atoms with Crippen LogP contribution < -0.4 is 15.4 Å². The minimum Gasteiger partial charge on any atom is -0.497 e. The Labute approximate surface area is 126 Å². The van der Waals surface area contributed by atoms with Gasteiger partial charge in [0.1, 0.15) is 5.75 Å². The molecule has 1 heterocycles. The van der Waals surface area contributed by atoms with Gasteiger partial charge >= 0.3 is 6.01 Å². The predicted octanol–water partition coefficient (Wildman–Crippen LogP) is 3.08. The van der Waals surface area contributed by atoms with Gasteiger partial charge in [-0.05, 0) is 12.1 Å². The third kappa shape index (κ3) is 4.21. The molecule has 2 rings (SSSR count). The van der Waals surface area contributed by atoms with Crippen molar-refractivity contribution in [3.63, 3.8) is 0 Å². The van der Waals surface area contributed by atoms with Gasteiger partial charge < -0.3 is 19.8 Å². The second-order valence-corrected chi connectivity index (χ2v) is 5.46. The van der Waals surface area contributed by atoms with E-state index in [4.69, 9.17) is 9.15 Å². The highest BCUT2D eigenvalue weighted by atomic mass is 79.9. The summed E-state index contributed by atoms with van der Waals surface area (Å²) < 4.78 is 11.6. The number of benzene rings is 1. The quantitative estimate of drug-likeness (QED) is 0.841. The van der Waals surface area contributed by atoms with Gasteiger partial charge in [-0.2, -0.15) is 0 Å². The SMILES string of the molecule is COc1cc(Br)cc(Nc2nnc(CNC(C)C)o2)c1. The second kappa shape index (κ2) is 6.71. The summed E-state index contributed by atoms with van der Waals surface area (Å²) in [5, 5.41) is 14.2. The van der Waals surface area contributed by atoms with Gasteiger partial charge in [0.05, 0.1) is 13.7 Å². The van der Waals surface area contributed by atoms with Gasteiger partial charge in [0.15, 0.2) is 0 Å². The van der Waals surface area contributed by atoms with E-state index in [0.29, 0.717) is 24.5 Å². The average Bonchev–Trinajstić information content (AvgIpc) is 2.83. The van der Waals surface area contributed by atoms with Gasteiger partial charge in [-0.15, -0.1) is 5.10 Å². The molecule has 0 aliphatic heterocycles. The molecule has 0 aliphatic carbocycles. The zero-order valence-electron chi connectivity index (χ0n) is 11.6. The van der Waals surface area contributed by atoms with E-state index in [2.05, 4.69) is 50.6 Å². The molecule has 20 heavy (non-hydrogen) atoms. The lowest BCUT2D eigenvalue weighted by molar-refractivity contribution is 0.414. The summed E-state index contributed by atoms with van der Waals surface area (Å²) in [5.74, 6) is 1.28.